The number of nitrogens with zero attached hydrogens (tertiary/aromatic N) is 5. The zero-order chi connectivity index (χ0) is 28.0. The van der Waals surface area contributed by atoms with E-state index in [9.17, 15) is 24.2 Å². The van der Waals surface area contributed by atoms with Crippen LogP contribution in [0.4, 0.5) is 20.7 Å². The number of ether oxygens (including phenoxy) is 1. The Kier molecular flexibility index (Phi) is 6.98. The summed E-state index contributed by atoms with van der Waals surface area (Å²) in [5.41, 5.74) is 7.38. The van der Waals surface area contributed by atoms with Gasteiger partial charge in [-0.15, -0.1) is 0 Å². The summed E-state index contributed by atoms with van der Waals surface area (Å²) < 4.78 is 20.4. The standard InChI is InChI=1S/C26H31FN8O5/c27-14-1-3-16(4-2-14)31-26(39)34-9-7-13(8-10-34)11-17-32-22(28)18-23(33-17)35(12-29-18)25-20(37)19(36)21(40-25)24(38)30-15-5-6-15/h1-4,12-13,15,19-21,25,36-37H,5-11H2,(H,30,38)(H,31,39)(H2,28,32,33)/t19?,20?,21-,25+/m0/s1. The second-order valence-corrected chi connectivity index (χ2v) is 10.6. The molecule has 0 spiro atoms. The molecule has 6 N–H and O–H groups in total. The number of rotatable bonds is 6. The summed E-state index contributed by atoms with van der Waals surface area (Å²) in [7, 11) is 0. The summed E-state index contributed by atoms with van der Waals surface area (Å²) in [5, 5.41) is 26.8. The maximum Gasteiger partial charge on any atom is 0.321 e. The molecule has 4 heterocycles. The molecule has 13 nitrogen and oxygen atoms in total. The molecule has 1 aliphatic carbocycles. The smallest absolute Gasteiger partial charge is 0.321 e. The number of piperidine rings is 1. The van der Waals surface area contributed by atoms with E-state index in [0.717, 1.165) is 25.7 Å². The number of likely N-dealkylation sites (tertiary alicyclic amines) is 1. The van der Waals surface area contributed by atoms with Gasteiger partial charge in [0.15, 0.2) is 23.8 Å². The van der Waals surface area contributed by atoms with Crippen LogP contribution in [-0.2, 0) is 16.0 Å². The lowest BCUT2D eigenvalue weighted by Crippen LogP contribution is -2.43. The van der Waals surface area contributed by atoms with Crippen molar-refractivity contribution in [2.24, 2.45) is 5.92 Å². The predicted molar refractivity (Wildman–Crippen MR) is 140 cm³/mol. The number of urea groups is 1. The van der Waals surface area contributed by atoms with Crippen LogP contribution in [-0.4, -0.2) is 84.0 Å². The number of amides is 3. The number of carbonyl (C=O) groups excluding carboxylic acids is 2. The number of nitrogens with one attached hydrogen (secondary N) is 2. The first-order chi connectivity index (χ1) is 19.3. The molecular weight excluding hydrogens is 523 g/mol. The Balaban J connectivity index is 1.11. The molecule has 3 fully saturated rings. The average Bonchev–Trinajstić information content (AvgIpc) is 3.57. The van der Waals surface area contributed by atoms with Crippen LogP contribution < -0.4 is 16.4 Å². The van der Waals surface area contributed by atoms with Gasteiger partial charge in [0.1, 0.15) is 29.4 Å². The largest absolute Gasteiger partial charge is 0.387 e. The van der Waals surface area contributed by atoms with E-state index in [1.165, 1.54) is 35.2 Å². The number of imidazole rings is 1. The fourth-order valence-electron chi connectivity index (χ4n) is 5.21. The van der Waals surface area contributed by atoms with Crippen molar-refractivity contribution in [1.82, 2.24) is 29.7 Å². The summed E-state index contributed by atoms with van der Waals surface area (Å²) in [6, 6.07) is 5.46. The lowest BCUT2D eigenvalue weighted by Gasteiger charge is -2.31. The molecule has 0 bridgehead atoms. The molecule has 212 valence electrons. The van der Waals surface area contributed by atoms with Crippen molar-refractivity contribution in [1.29, 1.82) is 0 Å². The summed E-state index contributed by atoms with van der Waals surface area (Å²) in [5.74, 6) is 0.0260. The van der Waals surface area contributed by atoms with Gasteiger partial charge in [0.25, 0.3) is 5.91 Å². The van der Waals surface area contributed by atoms with Gasteiger partial charge in [0.05, 0.1) is 6.33 Å². The number of aromatic nitrogens is 4. The van der Waals surface area contributed by atoms with Crippen molar-refractivity contribution in [2.45, 2.75) is 62.7 Å². The number of fused-ring (bicyclic) bond motifs is 1. The minimum absolute atomic E-state index is 0.0831. The second-order valence-electron chi connectivity index (χ2n) is 10.6. The molecule has 1 saturated carbocycles. The Bertz CT molecular complexity index is 1410. The van der Waals surface area contributed by atoms with Crippen LogP contribution in [0.15, 0.2) is 30.6 Å². The van der Waals surface area contributed by atoms with E-state index in [0.29, 0.717) is 42.2 Å². The van der Waals surface area contributed by atoms with Crippen LogP contribution in [0.2, 0.25) is 0 Å². The van der Waals surface area contributed by atoms with Gasteiger partial charge >= 0.3 is 6.03 Å². The number of nitrogen functional groups attached to an aromatic ring is 1. The Morgan fingerprint density at radius 2 is 1.80 bits per heavy atom. The first kappa shape index (κ1) is 26.3. The van der Waals surface area contributed by atoms with Crippen molar-refractivity contribution in [3.05, 3.63) is 42.2 Å². The highest BCUT2D eigenvalue weighted by Gasteiger charge is 2.48. The fraction of sp³-hybridized carbons (Fsp3) is 0.500. The van der Waals surface area contributed by atoms with Crippen LogP contribution >= 0.6 is 0 Å². The maximum absolute atomic E-state index is 13.1. The maximum atomic E-state index is 13.1. The Morgan fingerprint density at radius 3 is 2.50 bits per heavy atom. The fourth-order valence-corrected chi connectivity index (χ4v) is 5.21. The summed E-state index contributed by atoms with van der Waals surface area (Å²) in [6.07, 6.45) is 0.0469. The number of halogens is 1. The number of nitrogens with two attached hydrogens (primary N) is 1. The van der Waals surface area contributed by atoms with E-state index in [1.807, 2.05) is 0 Å². The molecule has 2 aromatic heterocycles. The van der Waals surface area contributed by atoms with Gasteiger partial charge in [-0.3, -0.25) is 9.36 Å². The molecule has 3 amide bonds. The van der Waals surface area contributed by atoms with Crippen molar-refractivity contribution >= 4 is 34.6 Å². The van der Waals surface area contributed by atoms with Gasteiger partial charge in [-0.2, -0.15) is 0 Å². The summed E-state index contributed by atoms with van der Waals surface area (Å²) >= 11 is 0. The summed E-state index contributed by atoms with van der Waals surface area (Å²) in [4.78, 5) is 40.2. The number of benzene rings is 1. The molecule has 2 saturated heterocycles. The Hall–Kier alpha value is -3.88. The van der Waals surface area contributed by atoms with Crippen LogP contribution in [0.1, 0.15) is 37.7 Å². The summed E-state index contributed by atoms with van der Waals surface area (Å²) in [6.45, 7) is 1.08. The Morgan fingerprint density at radius 1 is 1.07 bits per heavy atom. The van der Waals surface area contributed by atoms with E-state index in [4.69, 9.17) is 10.5 Å². The van der Waals surface area contributed by atoms with Gasteiger partial charge in [0, 0.05) is 31.2 Å². The van der Waals surface area contributed by atoms with E-state index in [-0.39, 0.29) is 29.6 Å². The quantitative estimate of drug-likeness (QED) is 0.296. The van der Waals surface area contributed by atoms with E-state index >= 15 is 0 Å². The van der Waals surface area contributed by atoms with E-state index in [2.05, 4.69) is 25.6 Å². The molecule has 6 rings (SSSR count). The zero-order valence-corrected chi connectivity index (χ0v) is 21.6. The molecule has 4 atom stereocenters. The molecule has 1 aromatic carbocycles. The van der Waals surface area contributed by atoms with Crippen molar-refractivity contribution in [3.63, 3.8) is 0 Å². The number of hydrogen-bond donors (Lipinski definition) is 5. The third-order valence-electron chi connectivity index (χ3n) is 7.66. The highest BCUT2D eigenvalue weighted by molar-refractivity contribution is 5.89. The number of aliphatic hydroxyl groups excluding tert-OH is 2. The Labute approximate surface area is 228 Å². The average molecular weight is 555 g/mol. The van der Waals surface area contributed by atoms with Crippen molar-refractivity contribution in [3.8, 4) is 0 Å². The van der Waals surface area contributed by atoms with Gasteiger partial charge in [-0.25, -0.2) is 24.1 Å². The highest BCUT2D eigenvalue weighted by atomic mass is 19.1. The van der Waals surface area contributed by atoms with Crippen molar-refractivity contribution in [2.75, 3.05) is 24.1 Å². The van der Waals surface area contributed by atoms with Crippen LogP contribution in [0, 0.1) is 11.7 Å². The van der Waals surface area contributed by atoms with E-state index in [1.54, 1.807) is 4.90 Å². The monoisotopic (exact) mass is 554 g/mol. The molecule has 2 aliphatic heterocycles. The molecule has 0 radical (unpaired) electrons. The normalized spacial score (nSPS) is 25.3. The van der Waals surface area contributed by atoms with Gasteiger partial charge < -0.3 is 36.2 Å². The highest BCUT2D eigenvalue weighted by Crippen LogP contribution is 2.33. The SMILES string of the molecule is Nc1nc(CC2CCN(C(=O)Nc3ccc(F)cc3)CC2)nc2c1ncn2[C@@H]1O[C@H](C(=O)NC2CC2)C(O)C1O. The molecule has 14 heteroatoms. The third kappa shape index (κ3) is 5.29. The number of aliphatic hydroxyl groups is 2. The minimum atomic E-state index is -1.41. The first-order valence-corrected chi connectivity index (χ1v) is 13.4. The number of carbonyl (C=O) groups is 2. The van der Waals surface area contributed by atoms with Gasteiger partial charge in [-0.05, 0) is 55.9 Å². The van der Waals surface area contributed by atoms with Crippen LogP contribution in [0.5, 0.6) is 0 Å². The number of hydrogen-bond acceptors (Lipinski definition) is 9. The molecular formula is C26H31FN8O5. The molecule has 3 aliphatic rings. The van der Waals surface area contributed by atoms with Crippen LogP contribution in [0.3, 0.4) is 0 Å². The number of anilines is 2. The lowest BCUT2D eigenvalue weighted by atomic mass is 9.93. The van der Waals surface area contributed by atoms with Crippen LogP contribution in [0.25, 0.3) is 11.2 Å². The molecule has 40 heavy (non-hydrogen) atoms. The topological polar surface area (TPSA) is 181 Å². The lowest BCUT2D eigenvalue weighted by molar-refractivity contribution is -0.137. The first-order valence-electron chi connectivity index (χ1n) is 13.4. The van der Waals surface area contributed by atoms with Gasteiger partial charge in [-0.1, -0.05) is 0 Å². The third-order valence-corrected chi connectivity index (χ3v) is 7.66. The minimum Gasteiger partial charge on any atom is -0.387 e. The van der Waals surface area contributed by atoms with Crippen molar-refractivity contribution < 1.29 is 28.9 Å². The van der Waals surface area contributed by atoms with E-state index < -0.39 is 30.4 Å². The zero-order valence-electron chi connectivity index (χ0n) is 21.6. The molecule has 3 aromatic rings. The molecule has 2 unspecified atom stereocenters. The second kappa shape index (κ2) is 10.6. The predicted octanol–water partition coefficient (Wildman–Crippen LogP) is 0.932. The van der Waals surface area contributed by atoms with Gasteiger partial charge in [0.2, 0.25) is 0 Å².